The quantitative estimate of drug-likeness (QED) is 0.716. The van der Waals surface area contributed by atoms with Crippen LogP contribution in [0, 0.1) is 11.7 Å². The van der Waals surface area contributed by atoms with Gasteiger partial charge in [-0.15, -0.1) is 10.2 Å². The van der Waals surface area contributed by atoms with Gasteiger partial charge in [0.2, 0.25) is 0 Å². The number of hydrogen-bond acceptors (Lipinski definition) is 4. The summed E-state index contributed by atoms with van der Waals surface area (Å²) < 4.78 is 15.8. The summed E-state index contributed by atoms with van der Waals surface area (Å²) in [5.74, 6) is -0.827. The molecule has 27 heavy (non-hydrogen) atoms. The number of hydrogen-bond donors (Lipinski definition) is 1. The summed E-state index contributed by atoms with van der Waals surface area (Å²) in [5.41, 5.74) is 1.40. The van der Waals surface area contributed by atoms with Crippen molar-refractivity contribution in [3.05, 3.63) is 53.7 Å². The molecule has 5 nitrogen and oxygen atoms in total. The largest absolute Gasteiger partial charge is 0.481 e. The number of nitrogens with zero attached hydrogens (tertiary/aromatic N) is 3. The Kier molecular flexibility index (Phi) is 4.22. The summed E-state index contributed by atoms with van der Waals surface area (Å²) in [7, 11) is 0. The van der Waals surface area contributed by atoms with Crippen molar-refractivity contribution in [2.24, 2.45) is 5.92 Å². The Morgan fingerprint density at radius 3 is 2.70 bits per heavy atom. The van der Waals surface area contributed by atoms with Crippen LogP contribution in [0.5, 0.6) is 0 Å². The Bertz CT molecular complexity index is 1040. The normalized spacial score (nSPS) is 19.4. The molecule has 0 aliphatic heterocycles. The van der Waals surface area contributed by atoms with Crippen molar-refractivity contribution >= 4 is 23.4 Å². The van der Waals surface area contributed by atoms with Gasteiger partial charge in [0.25, 0.3) is 0 Å². The molecule has 4 rings (SSSR count). The smallest absolute Gasteiger partial charge is 0.307 e. The van der Waals surface area contributed by atoms with E-state index >= 15 is 0 Å². The molecule has 0 spiro atoms. The van der Waals surface area contributed by atoms with Gasteiger partial charge in [0, 0.05) is 21.4 Å². The fourth-order valence-corrected chi connectivity index (χ4v) is 4.30. The number of halogens is 1. The lowest BCUT2D eigenvalue weighted by Gasteiger charge is -2.16. The topological polar surface area (TPSA) is 67.5 Å². The molecule has 0 amide bonds. The number of rotatable bonds is 4. The van der Waals surface area contributed by atoms with E-state index in [1.54, 1.807) is 6.07 Å². The average molecular weight is 385 g/mol. The van der Waals surface area contributed by atoms with Crippen molar-refractivity contribution in [2.75, 3.05) is 0 Å². The molecule has 1 N–H and O–H groups in total. The Labute approximate surface area is 160 Å². The maximum atomic E-state index is 13.8. The fraction of sp³-hybridized carbons (Fsp3) is 0.350. The average Bonchev–Trinajstić information content (AvgIpc) is 3.27. The predicted octanol–water partition coefficient (Wildman–Crippen LogP) is 4.51. The van der Waals surface area contributed by atoms with Gasteiger partial charge < -0.3 is 5.11 Å². The van der Waals surface area contributed by atoms with Crippen molar-refractivity contribution in [1.29, 1.82) is 0 Å². The lowest BCUT2D eigenvalue weighted by atomic mass is 9.96. The molecule has 1 aliphatic carbocycles. The van der Waals surface area contributed by atoms with Crippen LogP contribution in [0.3, 0.4) is 0 Å². The molecule has 2 aromatic heterocycles. The number of aromatic nitrogens is 3. The summed E-state index contributed by atoms with van der Waals surface area (Å²) >= 11 is 1.51. The first-order valence-corrected chi connectivity index (χ1v) is 9.61. The molecule has 7 heteroatoms. The molecule has 0 radical (unpaired) electrons. The van der Waals surface area contributed by atoms with Crippen LogP contribution >= 0.6 is 11.8 Å². The van der Waals surface area contributed by atoms with E-state index in [2.05, 4.69) is 31.0 Å². The first-order chi connectivity index (χ1) is 12.7. The highest BCUT2D eigenvalue weighted by molar-refractivity contribution is 7.99. The van der Waals surface area contributed by atoms with E-state index in [1.165, 1.54) is 23.9 Å². The summed E-state index contributed by atoms with van der Waals surface area (Å²) in [6.07, 6.45) is 2.54. The van der Waals surface area contributed by atoms with E-state index in [0.29, 0.717) is 6.42 Å². The SMILES string of the molecule is CC(C)(C)c1nnc2ccc(Sc3ccc(F)cc3C3CC3C(=O)O)cn12. The van der Waals surface area contributed by atoms with Gasteiger partial charge in [0.15, 0.2) is 5.65 Å². The van der Waals surface area contributed by atoms with E-state index < -0.39 is 11.9 Å². The molecule has 1 aliphatic rings. The van der Waals surface area contributed by atoms with Crippen LogP contribution in [0.15, 0.2) is 46.3 Å². The molecular weight excluding hydrogens is 365 g/mol. The number of carboxylic acid groups (broad SMARTS) is 1. The minimum Gasteiger partial charge on any atom is -0.481 e. The van der Waals surface area contributed by atoms with Crippen LogP contribution in [-0.4, -0.2) is 25.7 Å². The Morgan fingerprint density at radius 1 is 1.26 bits per heavy atom. The predicted molar refractivity (Wildman–Crippen MR) is 101 cm³/mol. The summed E-state index contributed by atoms with van der Waals surface area (Å²) in [6.45, 7) is 6.25. The van der Waals surface area contributed by atoms with Crippen LogP contribution in [0.2, 0.25) is 0 Å². The molecule has 2 heterocycles. The van der Waals surface area contributed by atoms with Crippen molar-refractivity contribution in [3.63, 3.8) is 0 Å². The molecule has 140 valence electrons. The number of pyridine rings is 1. The molecule has 0 bridgehead atoms. The van der Waals surface area contributed by atoms with Crippen molar-refractivity contribution < 1.29 is 14.3 Å². The van der Waals surface area contributed by atoms with Gasteiger partial charge in [-0.1, -0.05) is 32.5 Å². The monoisotopic (exact) mass is 385 g/mol. The van der Waals surface area contributed by atoms with Crippen LogP contribution < -0.4 is 0 Å². The summed E-state index contributed by atoms with van der Waals surface area (Å²) in [5, 5.41) is 17.7. The molecule has 1 fully saturated rings. The minimum atomic E-state index is -0.819. The highest BCUT2D eigenvalue weighted by atomic mass is 32.2. The zero-order valence-electron chi connectivity index (χ0n) is 15.3. The second-order valence-electron chi connectivity index (χ2n) is 7.94. The number of carboxylic acids is 1. The third kappa shape index (κ3) is 3.43. The standard InChI is InChI=1S/C20H20FN3O2S/c1-20(2,3)19-23-22-17-7-5-12(10-24(17)19)27-16-6-4-11(21)8-14(16)13-9-15(13)18(25)26/h4-8,10,13,15H,9H2,1-3H3,(H,25,26). The lowest BCUT2D eigenvalue weighted by molar-refractivity contribution is -0.138. The van der Waals surface area contributed by atoms with Crippen LogP contribution in [0.25, 0.3) is 5.65 Å². The van der Waals surface area contributed by atoms with Crippen LogP contribution in [-0.2, 0) is 10.2 Å². The van der Waals surface area contributed by atoms with Crippen LogP contribution in [0.4, 0.5) is 4.39 Å². The first kappa shape index (κ1) is 18.0. The zero-order valence-corrected chi connectivity index (χ0v) is 16.1. The van der Waals surface area contributed by atoms with Gasteiger partial charge >= 0.3 is 5.97 Å². The Hall–Kier alpha value is -2.41. The van der Waals surface area contributed by atoms with Gasteiger partial charge in [-0.25, -0.2) is 4.39 Å². The lowest BCUT2D eigenvalue weighted by Crippen LogP contribution is -2.15. The summed E-state index contributed by atoms with van der Waals surface area (Å²) in [6, 6.07) is 8.48. The molecule has 3 aromatic rings. The number of benzene rings is 1. The Balaban J connectivity index is 1.70. The molecular formula is C20H20FN3O2S. The zero-order chi connectivity index (χ0) is 19.3. The van der Waals surface area contributed by atoms with Crippen LogP contribution in [0.1, 0.15) is 44.5 Å². The van der Waals surface area contributed by atoms with E-state index in [1.807, 2.05) is 22.7 Å². The van der Waals surface area contributed by atoms with Gasteiger partial charge in [0.05, 0.1) is 5.92 Å². The van der Waals surface area contributed by atoms with E-state index in [-0.39, 0.29) is 17.2 Å². The second-order valence-corrected chi connectivity index (χ2v) is 9.05. The van der Waals surface area contributed by atoms with Gasteiger partial charge in [-0.05, 0) is 48.2 Å². The maximum Gasteiger partial charge on any atom is 0.307 e. The van der Waals surface area contributed by atoms with Gasteiger partial charge in [-0.3, -0.25) is 9.20 Å². The van der Waals surface area contributed by atoms with Crippen molar-refractivity contribution in [1.82, 2.24) is 14.6 Å². The maximum absolute atomic E-state index is 13.8. The van der Waals surface area contributed by atoms with Gasteiger partial charge in [0.1, 0.15) is 11.6 Å². The highest BCUT2D eigenvalue weighted by Gasteiger charge is 2.45. The molecule has 0 saturated heterocycles. The van der Waals surface area contributed by atoms with Gasteiger partial charge in [-0.2, -0.15) is 0 Å². The molecule has 1 saturated carbocycles. The highest BCUT2D eigenvalue weighted by Crippen LogP contribution is 2.51. The van der Waals surface area contributed by atoms with E-state index in [0.717, 1.165) is 26.8 Å². The van der Waals surface area contributed by atoms with Crippen molar-refractivity contribution in [2.45, 2.75) is 48.3 Å². The third-order valence-electron chi connectivity index (χ3n) is 4.75. The minimum absolute atomic E-state index is 0.121. The molecule has 1 aromatic carbocycles. The number of aliphatic carboxylic acids is 1. The fourth-order valence-electron chi connectivity index (χ4n) is 3.28. The second kappa shape index (κ2) is 6.34. The molecule has 2 atom stereocenters. The third-order valence-corrected chi connectivity index (χ3v) is 5.82. The first-order valence-electron chi connectivity index (χ1n) is 8.79. The number of fused-ring (bicyclic) bond motifs is 1. The van der Waals surface area contributed by atoms with E-state index in [4.69, 9.17) is 0 Å². The molecule has 2 unspecified atom stereocenters. The Morgan fingerprint density at radius 2 is 2.04 bits per heavy atom. The van der Waals surface area contributed by atoms with E-state index in [9.17, 15) is 14.3 Å². The number of carbonyl (C=O) groups is 1. The summed E-state index contributed by atoms with van der Waals surface area (Å²) in [4.78, 5) is 13.1. The van der Waals surface area contributed by atoms with Crippen molar-refractivity contribution in [3.8, 4) is 0 Å².